The predicted molar refractivity (Wildman–Crippen MR) is 207 cm³/mol. The summed E-state index contributed by atoms with van der Waals surface area (Å²) in [5.74, 6) is 1.08. The van der Waals surface area contributed by atoms with Crippen LogP contribution in [-0.4, -0.2) is 40.7 Å². The van der Waals surface area contributed by atoms with Gasteiger partial charge in [-0.2, -0.15) is 0 Å². The van der Waals surface area contributed by atoms with E-state index in [9.17, 15) is 19.2 Å². The van der Waals surface area contributed by atoms with Crippen LogP contribution < -0.4 is 0 Å². The molecular weight excluding hydrogens is 769 g/mol. The van der Waals surface area contributed by atoms with Crippen LogP contribution in [0.1, 0.15) is 55.4 Å². The van der Waals surface area contributed by atoms with Gasteiger partial charge in [0.15, 0.2) is 33.1 Å². The van der Waals surface area contributed by atoms with Crippen molar-refractivity contribution in [3.05, 3.63) is 87.2 Å². The fourth-order valence-electron chi connectivity index (χ4n) is 4.44. The monoisotopic (exact) mass is 792 g/mol. The second kappa shape index (κ2) is 14.1. The number of carbonyl (C=O) groups excluding carboxylic acids is 4. The average Bonchev–Trinajstić information content (AvgIpc) is 3.90. The van der Waals surface area contributed by atoms with Gasteiger partial charge in [-0.05, 0) is 114 Å². The first kappa shape index (κ1) is 36.8. The normalized spacial score (nSPS) is 22.2. The van der Waals surface area contributed by atoms with E-state index in [1.165, 1.54) is 44.5 Å². The molecule has 48 heavy (non-hydrogen) atoms. The number of hydrogen-bond donors (Lipinski definition) is 0. The molecule has 0 aromatic heterocycles. The van der Waals surface area contributed by atoms with Crippen molar-refractivity contribution in [2.75, 3.05) is 0 Å². The summed E-state index contributed by atoms with van der Waals surface area (Å²) in [6.45, 7) is 14.6. The molecule has 0 atom stereocenters. The van der Waals surface area contributed by atoms with Gasteiger partial charge in [0, 0.05) is 41.9 Å². The van der Waals surface area contributed by atoms with Gasteiger partial charge < -0.3 is 18.9 Å². The number of fused-ring (bicyclic) bond motifs is 4. The first-order chi connectivity index (χ1) is 22.4. The van der Waals surface area contributed by atoms with Crippen molar-refractivity contribution in [1.82, 2.24) is 0 Å². The van der Waals surface area contributed by atoms with Crippen molar-refractivity contribution in [1.29, 1.82) is 0 Å². The minimum atomic E-state index is -0.438. The van der Waals surface area contributed by atoms with Crippen molar-refractivity contribution in [3.8, 4) is 0 Å². The van der Waals surface area contributed by atoms with E-state index < -0.39 is 11.9 Å². The third-order valence-electron chi connectivity index (χ3n) is 7.56. The van der Waals surface area contributed by atoms with Gasteiger partial charge in [-0.3, -0.25) is 9.59 Å². The fourth-order valence-corrected chi connectivity index (χ4v) is 10.1. The highest BCUT2D eigenvalue weighted by atomic mass is 32.2. The molecule has 8 heterocycles. The number of thiocarbonyl (C=S) groups is 4. The van der Waals surface area contributed by atoms with E-state index in [-0.39, 0.29) is 21.7 Å². The Morgan fingerprint density at radius 2 is 0.667 bits per heavy atom. The molecule has 8 rings (SSSR count). The molecule has 0 aliphatic carbocycles. The zero-order valence-electron chi connectivity index (χ0n) is 26.5. The third-order valence-corrected chi connectivity index (χ3v) is 14.5. The number of hydrogen-bond acceptors (Lipinski definition) is 16. The molecule has 0 unspecified atom stereocenters. The molecule has 0 N–H and O–H groups in total. The van der Waals surface area contributed by atoms with E-state index in [0.29, 0.717) is 32.8 Å². The van der Waals surface area contributed by atoms with Gasteiger partial charge in [0.1, 0.15) is 0 Å². The Morgan fingerprint density at radius 3 is 1.00 bits per heavy atom. The van der Waals surface area contributed by atoms with Crippen LogP contribution >= 0.6 is 95.9 Å². The molecule has 0 saturated heterocycles. The summed E-state index contributed by atoms with van der Waals surface area (Å²) in [4.78, 5) is 48.6. The zero-order chi connectivity index (χ0) is 35.5. The molecule has 0 spiro atoms. The van der Waals surface area contributed by atoms with Crippen LogP contribution in [0.3, 0.4) is 0 Å². The molecular formula is C32H24O8S8. The summed E-state index contributed by atoms with van der Waals surface area (Å²) < 4.78 is 22.2. The minimum Gasteiger partial charge on any atom is -0.441 e. The lowest BCUT2D eigenvalue weighted by molar-refractivity contribution is -0.133. The van der Waals surface area contributed by atoms with Crippen molar-refractivity contribution in [3.63, 3.8) is 0 Å². The van der Waals surface area contributed by atoms with E-state index in [1.807, 2.05) is 13.8 Å². The smallest absolute Gasteiger partial charge is 0.343 e. The molecule has 0 aromatic rings. The van der Waals surface area contributed by atoms with Crippen LogP contribution in [0, 0.1) is 0 Å². The first-order valence-electron chi connectivity index (χ1n) is 13.9. The van der Waals surface area contributed by atoms with Gasteiger partial charge >= 0.3 is 11.9 Å². The van der Waals surface area contributed by atoms with Gasteiger partial charge in [-0.25, -0.2) is 9.59 Å². The topological polar surface area (TPSA) is 105 Å². The number of ether oxygens (including phenoxy) is 4. The maximum Gasteiger partial charge on any atom is 0.343 e. The van der Waals surface area contributed by atoms with Crippen molar-refractivity contribution in [2.24, 2.45) is 0 Å². The number of thioether (sulfide) groups is 4. The van der Waals surface area contributed by atoms with Gasteiger partial charge in [0.05, 0.1) is 19.5 Å². The fraction of sp³-hybridized carbons (Fsp3) is 0.250. The van der Waals surface area contributed by atoms with Crippen LogP contribution in [0.4, 0.5) is 0 Å². The molecule has 0 amide bonds. The summed E-state index contributed by atoms with van der Waals surface area (Å²) in [5, 5.41) is 1.14. The lowest BCUT2D eigenvalue weighted by Gasteiger charge is -1.97. The highest BCUT2D eigenvalue weighted by Crippen LogP contribution is 2.52. The molecule has 8 aliphatic rings. The Bertz CT molecular complexity index is 1600. The summed E-state index contributed by atoms with van der Waals surface area (Å²) in [5.41, 5.74) is 6.35. The van der Waals surface area contributed by atoms with Crippen LogP contribution in [-0.2, 0) is 38.1 Å². The lowest BCUT2D eigenvalue weighted by atomic mass is 10.2. The number of carbonyl (C=O) groups is 4. The molecule has 0 aromatic carbocycles. The van der Waals surface area contributed by atoms with Crippen molar-refractivity contribution in [2.45, 2.75) is 55.4 Å². The predicted octanol–water partition coefficient (Wildman–Crippen LogP) is 8.66. The van der Waals surface area contributed by atoms with Crippen molar-refractivity contribution < 1.29 is 38.1 Å². The zero-order valence-corrected chi connectivity index (χ0v) is 33.1. The van der Waals surface area contributed by atoms with E-state index in [4.69, 9.17) is 67.8 Å². The molecule has 0 saturated carbocycles. The van der Waals surface area contributed by atoms with Crippen molar-refractivity contribution >= 4 is 137 Å². The van der Waals surface area contributed by atoms with E-state index in [0.717, 1.165) is 40.5 Å². The number of rotatable bonds is 0. The van der Waals surface area contributed by atoms with Crippen LogP contribution in [0.5, 0.6) is 0 Å². The van der Waals surface area contributed by atoms with E-state index >= 15 is 0 Å². The first-order valence-corrected chi connectivity index (χ1v) is 18.8. The largest absolute Gasteiger partial charge is 0.441 e. The molecule has 0 radical (unpaired) electrons. The molecule has 0 fully saturated rings. The highest BCUT2D eigenvalue weighted by Gasteiger charge is 2.39. The third kappa shape index (κ3) is 6.57. The molecule has 8 nitrogen and oxygen atoms in total. The summed E-state index contributed by atoms with van der Waals surface area (Å²) in [6.07, 6.45) is 0. The Hall–Kier alpha value is -2.44. The Balaban J connectivity index is 0.000000125. The van der Waals surface area contributed by atoms with Crippen LogP contribution in [0.25, 0.3) is 0 Å². The second-order valence-electron chi connectivity index (χ2n) is 10.7. The maximum absolute atomic E-state index is 11.2. The molecule has 248 valence electrons. The van der Waals surface area contributed by atoms with Crippen LogP contribution in [0.15, 0.2) is 87.2 Å². The highest BCUT2D eigenvalue weighted by molar-refractivity contribution is 8.32. The molecule has 16 heteroatoms. The Kier molecular flexibility index (Phi) is 10.8. The van der Waals surface area contributed by atoms with E-state index in [1.54, 1.807) is 51.2 Å². The van der Waals surface area contributed by atoms with Gasteiger partial charge in [-0.1, -0.05) is 48.0 Å². The quantitative estimate of drug-likeness (QED) is 0.172. The second-order valence-corrected chi connectivity index (χ2v) is 16.8. The molecule has 8 aliphatic heterocycles. The summed E-state index contributed by atoms with van der Waals surface area (Å²) in [7, 11) is 0. The Morgan fingerprint density at radius 1 is 0.375 bits per heavy atom. The van der Waals surface area contributed by atoms with E-state index in [2.05, 4.69) is 13.8 Å². The maximum atomic E-state index is 11.2. The number of esters is 2. The SMILES string of the molecule is CC1=C2OC(=O)C(C)=C2OC1=O.CC1=C2OC(=S)C(C)=C2OC1=S.CC1=C2SC(=O)C(C)=C2SC1=O.CC1=C2SC(=S)C(C)=C2SC1=S. The summed E-state index contributed by atoms with van der Waals surface area (Å²) in [6, 6.07) is 0. The van der Waals surface area contributed by atoms with Gasteiger partial charge in [-0.15, -0.1) is 0 Å². The minimum absolute atomic E-state index is 0.0827. The van der Waals surface area contributed by atoms with Gasteiger partial charge in [0.25, 0.3) is 0 Å². The lowest BCUT2D eigenvalue weighted by Crippen LogP contribution is -2.01. The average molecular weight is 793 g/mol. The standard InChI is InChI=1S/C8H6O4.2C8H6O2S2.C8H6S4/c2*1-3-5-6(12-7(3)9)4(2)8(10)11-5;1-3-5-6(10-7(3)11)4(2)8(12)9-5;1-3-5-6(12-7(3)9)4(2)8(10)11-5/h4*1-2H3. The summed E-state index contributed by atoms with van der Waals surface area (Å²) >= 11 is 26.0. The van der Waals surface area contributed by atoms with Crippen LogP contribution in [0.2, 0.25) is 0 Å². The molecule has 0 bridgehead atoms. The van der Waals surface area contributed by atoms with Gasteiger partial charge in [0.2, 0.25) is 10.2 Å². The Labute approximate surface area is 315 Å².